The van der Waals surface area contributed by atoms with E-state index in [1.165, 1.54) is 0 Å². The molecule has 0 aliphatic heterocycles. The van der Waals surface area contributed by atoms with Crippen molar-refractivity contribution in [1.29, 1.82) is 0 Å². The first-order chi connectivity index (χ1) is 9.85. The molecule has 0 amide bonds. The second-order valence-corrected chi connectivity index (χ2v) is 6.16. The summed E-state index contributed by atoms with van der Waals surface area (Å²) in [4.78, 5) is 0. The lowest BCUT2D eigenvalue weighted by molar-refractivity contribution is -0.0164. The maximum Gasteiger partial charge on any atom is 0.126 e. The van der Waals surface area contributed by atoms with Crippen molar-refractivity contribution in [1.82, 2.24) is 0 Å². The summed E-state index contributed by atoms with van der Waals surface area (Å²) in [6.45, 7) is 9.25. The van der Waals surface area contributed by atoms with E-state index in [9.17, 15) is 0 Å². The molecule has 0 saturated carbocycles. The summed E-state index contributed by atoms with van der Waals surface area (Å²) >= 11 is 0. The van der Waals surface area contributed by atoms with Crippen LogP contribution in [0.15, 0.2) is 18.2 Å². The SMILES string of the molecule is CCC(N)Cc1ccc(OC)cc1OCCOC(C)(C)C. The Morgan fingerprint density at radius 1 is 1.19 bits per heavy atom. The molecule has 1 atom stereocenters. The zero-order valence-electron chi connectivity index (χ0n) is 13.9. The second-order valence-electron chi connectivity index (χ2n) is 6.16. The van der Waals surface area contributed by atoms with E-state index in [1.807, 2.05) is 39.0 Å². The molecular weight excluding hydrogens is 266 g/mol. The number of hydrogen-bond donors (Lipinski definition) is 1. The Bertz CT molecular complexity index is 427. The summed E-state index contributed by atoms with van der Waals surface area (Å²) in [5.41, 5.74) is 7.01. The highest BCUT2D eigenvalue weighted by molar-refractivity contribution is 5.41. The molecule has 0 aliphatic carbocycles. The third kappa shape index (κ3) is 6.82. The average molecular weight is 295 g/mol. The molecular formula is C17H29NO3. The zero-order chi connectivity index (χ0) is 15.9. The van der Waals surface area contributed by atoms with Gasteiger partial charge in [0.05, 0.1) is 19.3 Å². The van der Waals surface area contributed by atoms with E-state index < -0.39 is 0 Å². The van der Waals surface area contributed by atoms with Gasteiger partial charge in [-0.05, 0) is 45.2 Å². The van der Waals surface area contributed by atoms with Crippen LogP contribution in [0.2, 0.25) is 0 Å². The minimum atomic E-state index is -0.148. The van der Waals surface area contributed by atoms with Crippen molar-refractivity contribution in [2.24, 2.45) is 5.73 Å². The van der Waals surface area contributed by atoms with E-state index in [0.717, 1.165) is 29.9 Å². The summed E-state index contributed by atoms with van der Waals surface area (Å²) in [6, 6.07) is 6.02. The largest absolute Gasteiger partial charge is 0.497 e. The van der Waals surface area contributed by atoms with Crippen LogP contribution in [-0.2, 0) is 11.2 Å². The van der Waals surface area contributed by atoms with Crippen LogP contribution in [0.3, 0.4) is 0 Å². The number of benzene rings is 1. The minimum absolute atomic E-state index is 0.145. The van der Waals surface area contributed by atoms with E-state index in [0.29, 0.717) is 13.2 Å². The Labute approximate surface area is 128 Å². The molecule has 0 heterocycles. The average Bonchev–Trinajstić information content (AvgIpc) is 2.43. The Balaban J connectivity index is 2.67. The first kappa shape index (κ1) is 17.8. The van der Waals surface area contributed by atoms with Gasteiger partial charge in [-0.2, -0.15) is 0 Å². The first-order valence-corrected chi connectivity index (χ1v) is 7.55. The normalized spacial score (nSPS) is 13.0. The van der Waals surface area contributed by atoms with Crippen LogP contribution in [0.1, 0.15) is 39.7 Å². The fraction of sp³-hybridized carbons (Fsp3) is 0.647. The number of methoxy groups -OCH3 is 1. The summed E-state index contributed by atoms with van der Waals surface area (Å²) in [7, 11) is 1.65. The molecule has 1 rings (SSSR count). The lowest BCUT2D eigenvalue weighted by Crippen LogP contribution is -2.23. The van der Waals surface area contributed by atoms with Crippen LogP contribution in [0.25, 0.3) is 0 Å². The Kier molecular flexibility index (Phi) is 6.99. The number of rotatable bonds is 8. The van der Waals surface area contributed by atoms with Gasteiger partial charge in [0, 0.05) is 12.1 Å². The van der Waals surface area contributed by atoms with Gasteiger partial charge in [-0.15, -0.1) is 0 Å². The van der Waals surface area contributed by atoms with E-state index in [4.69, 9.17) is 19.9 Å². The van der Waals surface area contributed by atoms with Crippen molar-refractivity contribution in [2.75, 3.05) is 20.3 Å². The highest BCUT2D eigenvalue weighted by atomic mass is 16.5. The maximum absolute atomic E-state index is 6.04. The van der Waals surface area contributed by atoms with Crippen LogP contribution in [0.5, 0.6) is 11.5 Å². The molecule has 0 saturated heterocycles. The van der Waals surface area contributed by atoms with E-state index in [2.05, 4.69) is 6.92 Å². The van der Waals surface area contributed by atoms with Gasteiger partial charge in [-0.25, -0.2) is 0 Å². The maximum atomic E-state index is 6.04. The molecule has 0 spiro atoms. The molecule has 1 aromatic rings. The zero-order valence-corrected chi connectivity index (χ0v) is 13.9. The van der Waals surface area contributed by atoms with Gasteiger partial charge in [0.15, 0.2) is 0 Å². The molecule has 0 aliphatic rings. The fourth-order valence-corrected chi connectivity index (χ4v) is 1.89. The number of ether oxygens (including phenoxy) is 3. The van der Waals surface area contributed by atoms with Gasteiger partial charge >= 0.3 is 0 Å². The smallest absolute Gasteiger partial charge is 0.126 e. The van der Waals surface area contributed by atoms with Gasteiger partial charge in [-0.1, -0.05) is 13.0 Å². The second kappa shape index (κ2) is 8.25. The molecule has 4 nitrogen and oxygen atoms in total. The number of hydrogen-bond acceptors (Lipinski definition) is 4. The van der Waals surface area contributed by atoms with Crippen LogP contribution in [0.4, 0.5) is 0 Å². The van der Waals surface area contributed by atoms with Gasteiger partial charge in [0.2, 0.25) is 0 Å². The molecule has 2 N–H and O–H groups in total. The Hall–Kier alpha value is -1.26. The van der Waals surface area contributed by atoms with Crippen molar-refractivity contribution in [3.8, 4) is 11.5 Å². The highest BCUT2D eigenvalue weighted by Gasteiger charge is 2.12. The van der Waals surface area contributed by atoms with Crippen molar-refractivity contribution in [2.45, 2.75) is 52.2 Å². The van der Waals surface area contributed by atoms with Crippen LogP contribution in [0, 0.1) is 0 Å². The molecule has 120 valence electrons. The van der Waals surface area contributed by atoms with Gasteiger partial charge < -0.3 is 19.9 Å². The third-order valence-electron chi connectivity index (χ3n) is 3.16. The lowest BCUT2D eigenvalue weighted by atomic mass is 10.0. The van der Waals surface area contributed by atoms with E-state index >= 15 is 0 Å². The van der Waals surface area contributed by atoms with E-state index in [-0.39, 0.29) is 11.6 Å². The Morgan fingerprint density at radius 3 is 2.48 bits per heavy atom. The standard InChI is InChI=1S/C17H29NO3/c1-6-14(18)11-13-7-8-15(19-5)12-16(13)20-9-10-21-17(2,3)4/h7-8,12,14H,6,9-11,18H2,1-5H3. The lowest BCUT2D eigenvalue weighted by Gasteiger charge is -2.20. The number of nitrogens with two attached hydrogens (primary N) is 1. The van der Waals surface area contributed by atoms with Crippen molar-refractivity contribution >= 4 is 0 Å². The summed E-state index contributed by atoms with van der Waals surface area (Å²) < 4.78 is 16.8. The first-order valence-electron chi connectivity index (χ1n) is 7.55. The highest BCUT2D eigenvalue weighted by Crippen LogP contribution is 2.26. The quantitative estimate of drug-likeness (QED) is 0.748. The third-order valence-corrected chi connectivity index (χ3v) is 3.16. The van der Waals surface area contributed by atoms with Crippen molar-refractivity contribution in [3.63, 3.8) is 0 Å². The van der Waals surface area contributed by atoms with Gasteiger partial charge in [0.1, 0.15) is 18.1 Å². The van der Waals surface area contributed by atoms with Crippen LogP contribution >= 0.6 is 0 Å². The summed E-state index contributed by atoms with van der Waals surface area (Å²) in [5, 5.41) is 0. The predicted octanol–water partition coefficient (Wildman–Crippen LogP) is 3.17. The minimum Gasteiger partial charge on any atom is -0.497 e. The molecule has 1 aromatic carbocycles. The molecule has 0 radical (unpaired) electrons. The van der Waals surface area contributed by atoms with Gasteiger partial charge in [-0.3, -0.25) is 0 Å². The summed E-state index contributed by atoms with van der Waals surface area (Å²) in [5.74, 6) is 1.62. The van der Waals surface area contributed by atoms with E-state index in [1.54, 1.807) is 7.11 Å². The van der Waals surface area contributed by atoms with Gasteiger partial charge in [0.25, 0.3) is 0 Å². The van der Waals surface area contributed by atoms with Crippen LogP contribution < -0.4 is 15.2 Å². The fourth-order valence-electron chi connectivity index (χ4n) is 1.89. The van der Waals surface area contributed by atoms with Crippen molar-refractivity contribution in [3.05, 3.63) is 23.8 Å². The molecule has 1 unspecified atom stereocenters. The molecule has 21 heavy (non-hydrogen) atoms. The topological polar surface area (TPSA) is 53.7 Å². The molecule has 0 aromatic heterocycles. The van der Waals surface area contributed by atoms with Crippen LogP contribution in [-0.4, -0.2) is 32.0 Å². The molecule has 0 fully saturated rings. The predicted molar refractivity (Wildman–Crippen MR) is 86.2 cm³/mol. The van der Waals surface area contributed by atoms with Crippen molar-refractivity contribution < 1.29 is 14.2 Å². The summed E-state index contributed by atoms with van der Waals surface area (Å²) in [6.07, 6.45) is 1.74. The molecule has 4 heteroatoms. The molecule has 0 bridgehead atoms. The Morgan fingerprint density at radius 2 is 1.90 bits per heavy atom. The monoisotopic (exact) mass is 295 g/mol.